The highest BCUT2D eigenvalue weighted by molar-refractivity contribution is 7.91. The lowest BCUT2D eigenvalue weighted by molar-refractivity contribution is 0.531. The van der Waals surface area contributed by atoms with Crippen LogP contribution in [-0.2, 0) is 9.84 Å². The summed E-state index contributed by atoms with van der Waals surface area (Å²) in [5.41, 5.74) is 2.98. The number of H-pyrrole nitrogens is 1. The molecular formula is C22H22N6O2S. The standard InChI is InChI=1S/C22H22N6O2S/c1-15(2)13-31(29,30)18-5-3-4-16(10-18)20(6-8-23)28-12-17(11-27-28)21-19-7-9-24-22(19)26-14-25-21/h3-5,7,9-12,14-15,20H,6,13H2,1-2H3,(H,24,25,26). The van der Waals surface area contributed by atoms with Crippen LogP contribution in [0, 0.1) is 17.2 Å². The van der Waals surface area contributed by atoms with Crippen LogP contribution in [0.4, 0.5) is 0 Å². The summed E-state index contributed by atoms with van der Waals surface area (Å²) in [7, 11) is -3.40. The Labute approximate surface area is 180 Å². The molecule has 0 aliphatic heterocycles. The van der Waals surface area contributed by atoms with E-state index in [1.54, 1.807) is 35.3 Å². The lowest BCUT2D eigenvalue weighted by Gasteiger charge is -2.16. The maximum atomic E-state index is 12.7. The molecule has 4 aromatic rings. The van der Waals surface area contributed by atoms with Crippen LogP contribution < -0.4 is 0 Å². The second-order valence-electron chi connectivity index (χ2n) is 7.80. The normalized spacial score (nSPS) is 12.8. The maximum absolute atomic E-state index is 12.7. The number of aromatic amines is 1. The summed E-state index contributed by atoms with van der Waals surface area (Å²) in [6, 6.07) is 10.5. The molecule has 0 spiro atoms. The lowest BCUT2D eigenvalue weighted by atomic mass is 10.0. The Morgan fingerprint density at radius 3 is 2.84 bits per heavy atom. The summed E-state index contributed by atoms with van der Waals surface area (Å²) >= 11 is 0. The Morgan fingerprint density at radius 1 is 1.23 bits per heavy atom. The fourth-order valence-corrected chi connectivity index (χ4v) is 5.31. The first-order chi connectivity index (χ1) is 14.9. The molecule has 0 fully saturated rings. The van der Waals surface area contributed by atoms with Crippen molar-refractivity contribution >= 4 is 20.9 Å². The van der Waals surface area contributed by atoms with Crippen LogP contribution in [0.5, 0.6) is 0 Å². The molecule has 4 rings (SSSR count). The molecule has 158 valence electrons. The molecule has 0 aliphatic carbocycles. The number of hydrogen-bond acceptors (Lipinski definition) is 6. The smallest absolute Gasteiger partial charge is 0.178 e. The van der Waals surface area contributed by atoms with Crippen molar-refractivity contribution in [2.24, 2.45) is 5.92 Å². The van der Waals surface area contributed by atoms with Crippen molar-refractivity contribution in [2.45, 2.75) is 31.2 Å². The van der Waals surface area contributed by atoms with Gasteiger partial charge in [0, 0.05) is 23.3 Å². The number of benzene rings is 1. The molecule has 8 nitrogen and oxygen atoms in total. The third kappa shape index (κ3) is 4.20. The molecule has 1 N–H and O–H groups in total. The predicted octanol–water partition coefficient (Wildman–Crippen LogP) is 3.75. The molecule has 3 heterocycles. The summed E-state index contributed by atoms with van der Waals surface area (Å²) in [6.45, 7) is 3.75. The number of nitrogens with one attached hydrogen (secondary N) is 1. The van der Waals surface area contributed by atoms with Crippen LogP contribution in [0.25, 0.3) is 22.3 Å². The zero-order chi connectivity index (χ0) is 22.0. The second-order valence-corrected chi connectivity index (χ2v) is 9.83. The molecule has 9 heteroatoms. The number of sulfone groups is 1. The maximum Gasteiger partial charge on any atom is 0.178 e. The summed E-state index contributed by atoms with van der Waals surface area (Å²) in [6.07, 6.45) is 6.96. The average Bonchev–Trinajstić information content (AvgIpc) is 3.40. The van der Waals surface area contributed by atoms with Crippen LogP contribution in [0.3, 0.4) is 0 Å². The molecule has 1 unspecified atom stereocenters. The largest absolute Gasteiger partial charge is 0.346 e. The van der Waals surface area contributed by atoms with E-state index in [4.69, 9.17) is 0 Å². The zero-order valence-corrected chi connectivity index (χ0v) is 18.0. The fourth-order valence-electron chi connectivity index (χ4n) is 3.63. The van der Waals surface area contributed by atoms with Crippen LogP contribution in [0.15, 0.2) is 60.1 Å². The van der Waals surface area contributed by atoms with Gasteiger partial charge in [-0.15, -0.1) is 0 Å². The zero-order valence-electron chi connectivity index (χ0n) is 17.2. The fraction of sp³-hybridized carbons (Fsp3) is 0.273. The molecular weight excluding hydrogens is 412 g/mol. The minimum Gasteiger partial charge on any atom is -0.346 e. The van der Waals surface area contributed by atoms with E-state index in [0.717, 1.165) is 27.9 Å². The van der Waals surface area contributed by atoms with Gasteiger partial charge >= 0.3 is 0 Å². The highest BCUT2D eigenvalue weighted by atomic mass is 32.2. The monoisotopic (exact) mass is 434 g/mol. The molecule has 0 saturated heterocycles. The van der Waals surface area contributed by atoms with E-state index in [0.29, 0.717) is 0 Å². The van der Waals surface area contributed by atoms with Gasteiger partial charge in [0.05, 0.1) is 41.1 Å². The van der Waals surface area contributed by atoms with Crippen LogP contribution >= 0.6 is 0 Å². The first-order valence-corrected chi connectivity index (χ1v) is 11.6. The van der Waals surface area contributed by atoms with Crippen molar-refractivity contribution in [1.29, 1.82) is 5.26 Å². The minimum absolute atomic E-state index is 0.0235. The molecule has 31 heavy (non-hydrogen) atoms. The highest BCUT2D eigenvalue weighted by Crippen LogP contribution is 2.29. The van der Waals surface area contributed by atoms with Crippen molar-refractivity contribution in [3.05, 3.63) is 60.8 Å². The molecule has 3 aromatic heterocycles. The molecule has 0 saturated carbocycles. The number of hydrogen-bond donors (Lipinski definition) is 1. The minimum atomic E-state index is -3.40. The topological polar surface area (TPSA) is 117 Å². The van der Waals surface area contributed by atoms with Crippen LogP contribution in [0.2, 0.25) is 0 Å². The van der Waals surface area contributed by atoms with E-state index >= 15 is 0 Å². The average molecular weight is 435 g/mol. The van der Waals surface area contributed by atoms with Gasteiger partial charge in [0.25, 0.3) is 0 Å². The van der Waals surface area contributed by atoms with Crippen molar-refractivity contribution < 1.29 is 8.42 Å². The van der Waals surface area contributed by atoms with Gasteiger partial charge in [0.1, 0.15) is 12.0 Å². The number of nitrogens with zero attached hydrogens (tertiary/aromatic N) is 5. The Morgan fingerprint density at radius 2 is 2.06 bits per heavy atom. The first-order valence-electron chi connectivity index (χ1n) is 9.91. The molecule has 0 radical (unpaired) electrons. The summed E-state index contributed by atoms with van der Waals surface area (Å²) in [5, 5.41) is 14.8. The highest BCUT2D eigenvalue weighted by Gasteiger charge is 2.21. The first kappa shape index (κ1) is 20.8. The van der Waals surface area contributed by atoms with Gasteiger partial charge in [-0.1, -0.05) is 26.0 Å². The van der Waals surface area contributed by atoms with Gasteiger partial charge in [0.15, 0.2) is 9.84 Å². The van der Waals surface area contributed by atoms with E-state index < -0.39 is 15.9 Å². The van der Waals surface area contributed by atoms with Crippen molar-refractivity contribution in [1.82, 2.24) is 24.7 Å². The Balaban J connectivity index is 1.72. The summed E-state index contributed by atoms with van der Waals surface area (Å²) in [5.74, 6) is 0.0985. The van der Waals surface area contributed by atoms with E-state index in [2.05, 4.69) is 26.1 Å². The van der Waals surface area contributed by atoms with E-state index in [9.17, 15) is 13.7 Å². The second kappa shape index (κ2) is 8.32. The van der Waals surface area contributed by atoms with Gasteiger partial charge in [-0.05, 0) is 29.7 Å². The molecule has 1 aromatic carbocycles. The SMILES string of the molecule is CC(C)CS(=O)(=O)c1cccc(C(CC#N)n2cc(-c3ncnc4[nH]ccc34)cn2)c1. The van der Waals surface area contributed by atoms with Crippen molar-refractivity contribution in [2.75, 3.05) is 5.75 Å². The Bertz CT molecular complexity index is 1360. The van der Waals surface area contributed by atoms with Crippen LogP contribution in [0.1, 0.15) is 31.9 Å². The Hall–Kier alpha value is -3.51. The van der Waals surface area contributed by atoms with Gasteiger partial charge in [-0.2, -0.15) is 10.4 Å². The van der Waals surface area contributed by atoms with Gasteiger partial charge in [0.2, 0.25) is 0 Å². The van der Waals surface area contributed by atoms with E-state index in [-0.39, 0.29) is 23.0 Å². The number of aromatic nitrogens is 5. The molecule has 1 atom stereocenters. The lowest BCUT2D eigenvalue weighted by Crippen LogP contribution is -2.14. The van der Waals surface area contributed by atoms with Crippen molar-refractivity contribution in [3.63, 3.8) is 0 Å². The molecule has 0 bridgehead atoms. The van der Waals surface area contributed by atoms with E-state index in [1.807, 2.05) is 32.2 Å². The third-order valence-corrected chi connectivity index (χ3v) is 7.07. The Kier molecular flexibility index (Phi) is 5.57. The van der Waals surface area contributed by atoms with Gasteiger partial charge in [-0.25, -0.2) is 18.4 Å². The predicted molar refractivity (Wildman–Crippen MR) is 117 cm³/mol. The quantitative estimate of drug-likeness (QED) is 0.473. The summed E-state index contributed by atoms with van der Waals surface area (Å²) in [4.78, 5) is 11.9. The summed E-state index contributed by atoms with van der Waals surface area (Å²) < 4.78 is 27.1. The number of rotatable bonds is 7. The number of nitriles is 1. The number of fused-ring (bicyclic) bond motifs is 1. The third-order valence-electron chi connectivity index (χ3n) is 4.99. The molecule has 0 amide bonds. The van der Waals surface area contributed by atoms with Gasteiger partial charge in [-0.3, -0.25) is 4.68 Å². The van der Waals surface area contributed by atoms with E-state index in [1.165, 1.54) is 6.33 Å². The van der Waals surface area contributed by atoms with Crippen molar-refractivity contribution in [3.8, 4) is 17.3 Å². The van der Waals surface area contributed by atoms with Gasteiger partial charge < -0.3 is 4.98 Å². The molecule has 0 aliphatic rings. The van der Waals surface area contributed by atoms with Crippen LogP contribution in [-0.4, -0.2) is 38.9 Å².